The van der Waals surface area contributed by atoms with Gasteiger partial charge in [0.15, 0.2) is 0 Å². The molecule has 0 saturated heterocycles. The van der Waals surface area contributed by atoms with Gasteiger partial charge in [0.2, 0.25) is 5.91 Å². The van der Waals surface area contributed by atoms with Gasteiger partial charge in [-0.2, -0.15) is 0 Å². The Morgan fingerprint density at radius 1 is 1.20 bits per heavy atom. The zero-order valence-electron chi connectivity index (χ0n) is 12.9. The van der Waals surface area contributed by atoms with Crippen LogP contribution in [0.15, 0.2) is 24.3 Å². The van der Waals surface area contributed by atoms with Crippen LogP contribution in [0.2, 0.25) is 0 Å². The zero-order valence-corrected chi connectivity index (χ0v) is 12.9. The molecule has 1 rings (SSSR count). The molecule has 0 aliphatic rings. The summed E-state index contributed by atoms with van der Waals surface area (Å²) in [6.07, 6.45) is 0.144. The standard InChI is InChI=1S/C16H26N2O2/c1-12(2)9-18-16(19)11-17-10-14-7-5-6-8-15(14)20-13(3)4/h5-8,12-13,17H,9-11H2,1-4H3,(H,18,19). The number of ether oxygens (including phenoxy) is 1. The second kappa shape index (κ2) is 8.59. The number of nitrogens with one attached hydrogen (secondary N) is 2. The summed E-state index contributed by atoms with van der Waals surface area (Å²) >= 11 is 0. The number of hydrogen-bond donors (Lipinski definition) is 2. The third-order valence-corrected chi connectivity index (χ3v) is 2.64. The van der Waals surface area contributed by atoms with Crippen molar-refractivity contribution in [3.05, 3.63) is 29.8 Å². The third-order valence-electron chi connectivity index (χ3n) is 2.64. The fourth-order valence-corrected chi connectivity index (χ4v) is 1.71. The molecule has 0 atom stereocenters. The van der Waals surface area contributed by atoms with Crippen molar-refractivity contribution in [2.75, 3.05) is 13.1 Å². The molecule has 0 fully saturated rings. The van der Waals surface area contributed by atoms with Gasteiger partial charge in [-0.1, -0.05) is 32.0 Å². The van der Waals surface area contributed by atoms with Gasteiger partial charge in [0.1, 0.15) is 5.75 Å². The Morgan fingerprint density at radius 2 is 1.90 bits per heavy atom. The SMILES string of the molecule is CC(C)CNC(=O)CNCc1ccccc1OC(C)C. The van der Waals surface area contributed by atoms with Gasteiger partial charge in [-0.25, -0.2) is 0 Å². The van der Waals surface area contributed by atoms with Crippen LogP contribution in [0, 0.1) is 5.92 Å². The van der Waals surface area contributed by atoms with E-state index in [1.807, 2.05) is 38.1 Å². The summed E-state index contributed by atoms with van der Waals surface area (Å²) in [6, 6.07) is 7.90. The van der Waals surface area contributed by atoms with E-state index in [9.17, 15) is 4.79 Å². The smallest absolute Gasteiger partial charge is 0.233 e. The van der Waals surface area contributed by atoms with Gasteiger partial charge in [0, 0.05) is 18.7 Å². The predicted molar refractivity (Wildman–Crippen MR) is 81.8 cm³/mol. The molecule has 0 heterocycles. The second-order valence-electron chi connectivity index (χ2n) is 5.58. The number of benzene rings is 1. The van der Waals surface area contributed by atoms with E-state index in [1.165, 1.54) is 0 Å². The molecule has 0 spiro atoms. The molecular weight excluding hydrogens is 252 g/mol. The monoisotopic (exact) mass is 278 g/mol. The average Bonchev–Trinajstić information content (AvgIpc) is 2.38. The van der Waals surface area contributed by atoms with Crippen LogP contribution in [0.4, 0.5) is 0 Å². The molecule has 112 valence electrons. The highest BCUT2D eigenvalue weighted by molar-refractivity contribution is 5.77. The van der Waals surface area contributed by atoms with Crippen molar-refractivity contribution in [3.63, 3.8) is 0 Å². The zero-order chi connectivity index (χ0) is 15.0. The van der Waals surface area contributed by atoms with Gasteiger partial charge in [0.25, 0.3) is 0 Å². The topological polar surface area (TPSA) is 50.4 Å². The van der Waals surface area contributed by atoms with Gasteiger partial charge in [-0.05, 0) is 25.8 Å². The Labute approximate surface area is 121 Å². The largest absolute Gasteiger partial charge is 0.491 e. The van der Waals surface area contributed by atoms with Crippen LogP contribution < -0.4 is 15.4 Å². The minimum atomic E-state index is 0.0287. The predicted octanol–water partition coefficient (Wildman–Crippen LogP) is 2.34. The van der Waals surface area contributed by atoms with Crippen molar-refractivity contribution >= 4 is 5.91 Å². The molecule has 1 aromatic carbocycles. The maximum atomic E-state index is 11.6. The number of amides is 1. The molecule has 4 heteroatoms. The van der Waals surface area contributed by atoms with E-state index in [0.29, 0.717) is 25.6 Å². The Hall–Kier alpha value is -1.55. The first kappa shape index (κ1) is 16.5. The maximum absolute atomic E-state index is 11.6. The van der Waals surface area contributed by atoms with Crippen LogP contribution in [-0.4, -0.2) is 25.1 Å². The fourth-order valence-electron chi connectivity index (χ4n) is 1.71. The van der Waals surface area contributed by atoms with Gasteiger partial charge in [-0.3, -0.25) is 4.79 Å². The molecule has 1 amide bonds. The molecule has 0 saturated carbocycles. The Kier molecular flexibility index (Phi) is 7.09. The van der Waals surface area contributed by atoms with E-state index >= 15 is 0 Å². The van der Waals surface area contributed by atoms with Crippen molar-refractivity contribution in [1.82, 2.24) is 10.6 Å². The van der Waals surface area contributed by atoms with Gasteiger partial charge in [0.05, 0.1) is 12.6 Å². The molecule has 0 aliphatic heterocycles. The summed E-state index contributed by atoms with van der Waals surface area (Å²) in [5, 5.41) is 6.03. The number of para-hydroxylation sites is 1. The van der Waals surface area contributed by atoms with Gasteiger partial charge < -0.3 is 15.4 Å². The highest BCUT2D eigenvalue weighted by Gasteiger charge is 2.06. The first-order valence-corrected chi connectivity index (χ1v) is 7.21. The molecule has 0 bridgehead atoms. The Morgan fingerprint density at radius 3 is 2.55 bits per heavy atom. The van der Waals surface area contributed by atoms with Crippen LogP contribution in [-0.2, 0) is 11.3 Å². The number of carbonyl (C=O) groups excluding carboxylic acids is 1. The Bertz CT molecular complexity index is 417. The molecular formula is C16H26N2O2. The Balaban J connectivity index is 2.40. The van der Waals surface area contributed by atoms with Crippen LogP contribution in [0.1, 0.15) is 33.3 Å². The van der Waals surface area contributed by atoms with Crippen LogP contribution in [0.5, 0.6) is 5.75 Å². The van der Waals surface area contributed by atoms with Crippen LogP contribution in [0.25, 0.3) is 0 Å². The summed E-state index contributed by atoms with van der Waals surface area (Å²) in [7, 11) is 0. The molecule has 20 heavy (non-hydrogen) atoms. The van der Waals surface area contributed by atoms with Crippen molar-refractivity contribution in [2.24, 2.45) is 5.92 Å². The molecule has 0 aliphatic carbocycles. The fraction of sp³-hybridized carbons (Fsp3) is 0.562. The van der Waals surface area contributed by atoms with E-state index < -0.39 is 0 Å². The van der Waals surface area contributed by atoms with E-state index in [2.05, 4.69) is 24.5 Å². The van der Waals surface area contributed by atoms with E-state index in [1.54, 1.807) is 0 Å². The first-order valence-electron chi connectivity index (χ1n) is 7.21. The number of rotatable bonds is 8. The number of carbonyl (C=O) groups is 1. The lowest BCUT2D eigenvalue weighted by Crippen LogP contribution is -2.35. The highest BCUT2D eigenvalue weighted by atomic mass is 16.5. The van der Waals surface area contributed by atoms with Gasteiger partial charge >= 0.3 is 0 Å². The van der Waals surface area contributed by atoms with Crippen LogP contribution in [0.3, 0.4) is 0 Å². The molecule has 0 radical (unpaired) electrons. The lowest BCUT2D eigenvalue weighted by molar-refractivity contribution is -0.120. The van der Waals surface area contributed by atoms with Crippen molar-refractivity contribution < 1.29 is 9.53 Å². The molecule has 2 N–H and O–H groups in total. The van der Waals surface area contributed by atoms with Crippen molar-refractivity contribution in [1.29, 1.82) is 0 Å². The van der Waals surface area contributed by atoms with Gasteiger partial charge in [-0.15, -0.1) is 0 Å². The van der Waals surface area contributed by atoms with Crippen LogP contribution >= 0.6 is 0 Å². The summed E-state index contributed by atoms with van der Waals surface area (Å²) < 4.78 is 5.74. The summed E-state index contributed by atoms with van der Waals surface area (Å²) in [5.74, 6) is 1.37. The lowest BCUT2D eigenvalue weighted by Gasteiger charge is -2.14. The van der Waals surface area contributed by atoms with E-state index in [-0.39, 0.29) is 12.0 Å². The third kappa shape index (κ3) is 6.57. The van der Waals surface area contributed by atoms with E-state index in [0.717, 1.165) is 11.3 Å². The second-order valence-corrected chi connectivity index (χ2v) is 5.58. The summed E-state index contributed by atoms with van der Waals surface area (Å²) in [4.78, 5) is 11.6. The molecule has 4 nitrogen and oxygen atoms in total. The highest BCUT2D eigenvalue weighted by Crippen LogP contribution is 2.18. The first-order chi connectivity index (χ1) is 9.49. The minimum Gasteiger partial charge on any atom is -0.491 e. The summed E-state index contributed by atoms with van der Waals surface area (Å²) in [6.45, 7) is 9.82. The number of hydrogen-bond acceptors (Lipinski definition) is 3. The molecule has 0 unspecified atom stereocenters. The average molecular weight is 278 g/mol. The van der Waals surface area contributed by atoms with E-state index in [4.69, 9.17) is 4.74 Å². The maximum Gasteiger partial charge on any atom is 0.233 e. The minimum absolute atomic E-state index is 0.0287. The summed E-state index contributed by atoms with van der Waals surface area (Å²) in [5.41, 5.74) is 1.07. The van der Waals surface area contributed by atoms with Crippen molar-refractivity contribution in [3.8, 4) is 5.75 Å². The molecule has 0 aromatic heterocycles. The van der Waals surface area contributed by atoms with Crippen molar-refractivity contribution in [2.45, 2.75) is 40.3 Å². The molecule has 1 aromatic rings. The lowest BCUT2D eigenvalue weighted by atomic mass is 10.2. The quantitative estimate of drug-likeness (QED) is 0.767. The normalized spacial score (nSPS) is 10.9.